The lowest BCUT2D eigenvalue weighted by Crippen LogP contribution is -2.15. The highest BCUT2D eigenvalue weighted by atomic mass is 19.3. The number of esters is 1. The maximum Gasteiger partial charge on any atom is 0.338 e. The predicted octanol–water partition coefficient (Wildman–Crippen LogP) is 2.23. The molecule has 0 heterocycles. The molecule has 0 amide bonds. The normalized spacial score (nSPS) is 17.9. The van der Waals surface area contributed by atoms with Crippen LogP contribution in [0, 0.1) is 10.1 Å². The molecule has 2 rings (SSSR count). The standard InChI is InChI=1S/C14H16F2N2O6/c1-22-10-6-8(13(19)23-2)5-9(12(10)18(20)21)17-3-4-24-11-7-14(11,15)16/h5-6,11,17H,3-4,7H2,1-2H3. The molecular formula is C14H16F2N2O6. The average molecular weight is 346 g/mol. The SMILES string of the molecule is COC(=O)c1cc(NCCOC2CC2(F)F)c([N+](=O)[O-])c(OC)c1. The van der Waals surface area contributed by atoms with E-state index < -0.39 is 22.9 Å². The van der Waals surface area contributed by atoms with Crippen LogP contribution in [0.15, 0.2) is 12.1 Å². The van der Waals surface area contributed by atoms with Gasteiger partial charge in [0.15, 0.2) is 5.75 Å². The number of rotatable bonds is 8. The van der Waals surface area contributed by atoms with Crippen LogP contribution in [0.25, 0.3) is 0 Å². The van der Waals surface area contributed by atoms with E-state index in [-0.39, 0.29) is 42.3 Å². The number of carbonyl (C=O) groups is 1. The van der Waals surface area contributed by atoms with E-state index >= 15 is 0 Å². The summed E-state index contributed by atoms with van der Waals surface area (Å²) < 4.78 is 39.9. The maximum absolute atomic E-state index is 12.7. The van der Waals surface area contributed by atoms with Crippen LogP contribution in [-0.4, -0.2) is 50.3 Å². The fourth-order valence-electron chi connectivity index (χ4n) is 2.08. The van der Waals surface area contributed by atoms with Crippen LogP contribution < -0.4 is 10.1 Å². The molecule has 0 radical (unpaired) electrons. The highest BCUT2D eigenvalue weighted by molar-refractivity contribution is 5.93. The molecule has 8 nitrogen and oxygen atoms in total. The molecule has 1 aliphatic rings. The summed E-state index contributed by atoms with van der Waals surface area (Å²) >= 11 is 0. The second kappa shape index (κ2) is 6.95. The Morgan fingerprint density at radius 2 is 2.12 bits per heavy atom. The van der Waals surface area contributed by atoms with Crippen molar-refractivity contribution in [3.8, 4) is 5.75 Å². The lowest BCUT2D eigenvalue weighted by atomic mass is 10.1. The van der Waals surface area contributed by atoms with Gasteiger partial charge >= 0.3 is 11.7 Å². The summed E-state index contributed by atoms with van der Waals surface area (Å²) in [5.74, 6) is -3.61. The fraction of sp³-hybridized carbons (Fsp3) is 0.500. The molecule has 1 aromatic carbocycles. The number of benzene rings is 1. The Balaban J connectivity index is 2.12. The number of ether oxygens (including phenoxy) is 3. The Kier molecular flexibility index (Phi) is 5.17. The van der Waals surface area contributed by atoms with Crippen molar-refractivity contribution >= 4 is 17.3 Å². The van der Waals surface area contributed by atoms with Gasteiger partial charge in [-0.2, -0.15) is 0 Å². The van der Waals surface area contributed by atoms with Crippen molar-refractivity contribution < 1.29 is 32.7 Å². The first kappa shape index (κ1) is 17.9. The monoisotopic (exact) mass is 346 g/mol. The highest BCUT2D eigenvalue weighted by Crippen LogP contribution is 2.44. The Hall–Kier alpha value is -2.49. The summed E-state index contributed by atoms with van der Waals surface area (Å²) in [4.78, 5) is 22.2. The molecule has 132 valence electrons. The van der Waals surface area contributed by atoms with Gasteiger partial charge in [-0.25, -0.2) is 13.6 Å². The molecule has 1 unspecified atom stereocenters. The second-order valence-corrected chi connectivity index (χ2v) is 5.07. The van der Waals surface area contributed by atoms with Crippen LogP contribution in [0.4, 0.5) is 20.2 Å². The van der Waals surface area contributed by atoms with Crippen molar-refractivity contribution in [2.45, 2.75) is 18.4 Å². The summed E-state index contributed by atoms with van der Waals surface area (Å²) in [5.41, 5.74) is -0.315. The summed E-state index contributed by atoms with van der Waals surface area (Å²) in [5, 5.41) is 13.9. The largest absolute Gasteiger partial charge is 0.490 e. The second-order valence-electron chi connectivity index (χ2n) is 5.07. The summed E-state index contributed by atoms with van der Waals surface area (Å²) in [6.45, 7) is -0.0244. The highest BCUT2D eigenvalue weighted by Gasteiger charge is 2.58. The van der Waals surface area contributed by atoms with Gasteiger partial charge < -0.3 is 19.5 Å². The zero-order chi connectivity index (χ0) is 17.9. The minimum Gasteiger partial charge on any atom is -0.490 e. The third-order valence-corrected chi connectivity index (χ3v) is 3.40. The van der Waals surface area contributed by atoms with Crippen LogP contribution in [0.1, 0.15) is 16.8 Å². The van der Waals surface area contributed by atoms with E-state index in [9.17, 15) is 23.7 Å². The fourth-order valence-corrected chi connectivity index (χ4v) is 2.08. The van der Waals surface area contributed by atoms with Crippen LogP contribution in [0.5, 0.6) is 5.75 Å². The number of hydrogen-bond acceptors (Lipinski definition) is 7. The zero-order valence-corrected chi connectivity index (χ0v) is 13.0. The van der Waals surface area contributed by atoms with Crippen molar-refractivity contribution in [2.75, 3.05) is 32.7 Å². The van der Waals surface area contributed by atoms with Gasteiger partial charge in [-0.3, -0.25) is 10.1 Å². The van der Waals surface area contributed by atoms with Gasteiger partial charge in [-0.05, 0) is 6.07 Å². The van der Waals surface area contributed by atoms with Gasteiger partial charge in [0.05, 0.1) is 31.3 Å². The minimum absolute atomic E-state index is 0.00547. The topological polar surface area (TPSA) is 99.9 Å². The van der Waals surface area contributed by atoms with E-state index in [1.165, 1.54) is 26.4 Å². The molecule has 0 aliphatic heterocycles. The van der Waals surface area contributed by atoms with E-state index in [4.69, 9.17) is 9.47 Å². The molecule has 1 atom stereocenters. The molecule has 0 spiro atoms. The number of nitro benzene ring substituents is 1. The van der Waals surface area contributed by atoms with Gasteiger partial charge in [0, 0.05) is 19.0 Å². The van der Waals surface area contributed by atoms with Gasteiger partial charge in [-0.15, -0.1) is 0 Å². The summed E-state index contributed by atoms with van der Waals surface area (Å²) in [7, 11) is 2.40. The van der Waals surface area contributed by atoms with E-state index in [1.54, 1.807) is 0 Å². The van der Waals surface area contributed by atoms with Crippen molar-refractivity contribution in [3.05, 3.63) is 27.8 Å². The lowest BCUT2D eigenvalue weighted by molar-refractivity contribution is -0.384. The number of nitro groups is 1. The van der Waals surface area contributed by atoms with Gasteiger partial charge in [0.25, 0.3) is 5.92 Å². The number of hydrogen-bond donors (Lipinski definition) is 1. The summed E-state index contributed by atoms with van der Waals surface area (Å²) in [6.07, 6.45) is -1.43. The molecule has 10 heteroatoms. The number of carbonyl (C=O) groups excluding carboxylic acids is 1. The number of halogens is 2. The molecule has 1 aromatic rings. The first-order chi connectivity index (χ1) is 11.3. The van der Waals surface area contributed by atoms with Crippen LogP contribution in [0.3, 0.4) is 0 Å². The summed E-state index contributed by atoms with van der Waals surface area (Å²) in [6, 6.07) is 2.43. The quantitative estimate of drug-likeness (QED) is 0.333. The van der Waals surface area contributed by atoms with Gasteiger partial charge in [-0.1, -0.05) is 0 Å². The maximum atomic E-state index is 12.7. The molecule has 1 aliphatic carbocycles. The Labute approximate surface area is 135 Å². The van der Waals surface area contributed by atoms with E-state index in [0.29, 0.717) is 0 Å². The van der Waals surface area contributed by atoms with Gasteiger partial charge in [0.2, 0.25) is 0 Å². The number of nitrogens with zero attached hydrogens (tertiary/aromatic N) is 1. The Morgan fingerprint density at radius 1 is 1.46 bits per heavy atom. The number of anilines is 1. The molecule has 1 saturated carbocycles. The molecule has 0 aromatic heterocycles. The third-order valence-electron chi connectivity index (χ3n) is 3.40. The van der Waals surface area contributed by atoms with E-state index in [0.717, 1.165) is 0 Å². The number of methoxy groups -OCH3 is 2. The van der Waals surface area contributed by atoms with Crippen LogP contribution in [-0.2, 0) is 9.47 Å². The van der Waals surface area contributed by atoms with Crippen molar-refractivity contribution in [3.63, 3.8) is 0 Å². The number of alkyl halides is 2. The van der Waals surface area contributed by atoms with E-state index in [2.05, 4.69) is 10.1 Å². The molecule has 24 heavy (non-hydrogen) atoms. The van der Waals surface area contributed by atoms with Crippen molar-refractivity contribution in [1.29, 1.82) is 0 Å². The molecule has 1 fully saturated rings. The first-order valence-corrected chi connectivity index (χ1v) is 6.98. The minimum atomic E-state index is -2.79. The molecule has 1 N–H and O–H groups in total. The zero-order valence-electron chi connectivity index (χ0n) is 13.0. The molecular weight excluding hydrogens is 330 g/mol. The number of nitrogens with one attached hydrogen (secondary N) is 1. The van der Waals surface area contributed by atoms with Crippen molar-refractivity contribution in [2.24, 2.45) is 0 Å². The molecule has 0 bridgehead atoms. The Morgan fingerprint density at radius 3 is 2.62 bits per heavy atom. The Bertz CT molecular complexity index is 652. The predicted molar refractivity (Wildman–Crippen MR) is 78.8 cm³/mol. The van der Waals surface area contributed by atoms with Crippen LogP contribution in [0.2, 0.25) is 0 Å². The van der Waals surface area contributed by atoms with Crippen molar-refractivity contribution in [1.82, 2.24) is 0 Å². The smallest absolute Gasteiger partial charge is 0.338 e. The van der Waals surface area contributed by atoms with E-state index in [1.807, 2.05) is 0 Å². The first-order valence-electron chi connectivity index (χ1n) is 6.98. The van der Waals surface area contributed by atoms with Crippen LogP contribution >= 0.6 is 0 Å². The lowest BCUT2D eigenvalue weighted by Gasteiger charge is -2.12. The third kappa shape index (κ3) is 3.88. The molecule has 0 saturated heterocycles. The average Bonchev–Trinajstić information content (AvgIpc) is 3.16. The van der Waals surface area contributed by atoms with Gasteiger partial charge in [0.1, 0.15) is 11.8 Å².